The van der Waals surface area contributed by atoms with Crippen molar-refractivity contribution < 1.29 is 4.79 Å². The van der Waals surface area contributed by atoms with Crippen molar-refractivity contribution in [3.05, 3.63) is 35.4 Å². The molecule has 0 atom stereocenters. The molecule has 0 bridgehead atoms. The molecule has 1 aliphatic heterocycles. The van der Waals surface area contributed by atoms with E-state index in [1.807, 2.05) is 38.2 Å². The van der Waals surface area contributed by atoms with Crippen LogP contribution in [0, 0.1) is 0 Å². The second-order valence-electron chi connectivity index (χ2n) is 7.47. The molecule has 7 heteroatoms. The molecule has 2 N–H and O–H groups in total. The Morgan fingerprint density at radius 1 is 1.18 bits per heavy atom. The van der Waals surface area contributed by atoms with E-state index in [-0.39, 0.29) is 29.9 Å². The van der Waals surface area contributed by atoms with Crippen molar-refractivity contribution in [3.8, 4) is 0 Å². The Bertz CT molecular complexity index is 653. The minimum atomic E-state index is -0.0172. The van der Waals surface area contributed by atoms with Gasteiger partial charge in [0.25, 0.3) is 5.91 Å². The first-order chi connectivity index (χ1) is 13.2. The van der Waals surface area contributed by atoms with Gasteiger partial charge in [0, 0.05) is 49.3 Å². The van der Waals surface area contributed by atoms with E-state index < -0.39 is 0 Å². The maximum absolute atomic E-state index is 11.9. The van der Waals surface area contributed by atoms with Crippen LogP contribution in [0.4, 0.5) is 0 Å². The molecule has 0 radical (unpaired) electrons. The predicted octanol–water partition coefficient (Wildman–Crippen LogP) is 3.88. The Morgan fingerprint density at radius 2 is 1.89 bits per heavy atom. The van der Waals surface area contributed by atoms with Crippen LogP contribution in [0.3, 0.4) is 0 Å². The summed E-state index contributed by atoms with van der Waals surface area (Å²) in [5, 5.41) is 6.35. The van der Waals surface area contributed by atoms with Crippen LogP contribution in [0.15, 0.2) is 29.3 Å². The number of nitrogens with one attached hydrogen (secondary N) is 2. The van der Waals surface area contributed by atoms with Gasteiger partial charge in [-0.05, 0) is 37.5 Å². The fourth-order valence-electron chi connectivity index (χ4n) is 4.07. The first-order valence-corrected chi connectivity index (χ1v) is 11.1. The van der Waals surface area contributed by atoms with E-state index in [0.717, 1.165) is 31.2 Å². The van der Waals surface area contributed by atoms with Crippen molar-refractivity contribution in [3.63, 3.8) is 0 Å². The molecule has 1 saturated carbocycles. The number of halogens is 1. The van der Waals surface area contributed by atoms with Gasteiger partial charge in [0.2, 0.25) is 0 Å². The van der Waals surface area contributed by atoms with Crippen molar-refractivity contribution in [2.45, 2.75) is 50.3 Å². The minimum absolute atomic E-state index is 0. The van der Waals surface area contributed by atoms with E-state index in [4.69, 9.17) is 0 Å². The third-order valence-corrected chi connectivity index (χ3v) is 7.07. The van der Waals surface area contributed by atoms with Crippen molar-refractivity contribution in [1.29, 1.82) is 0 Å². The summed E-state index contributed by atoms with van der Waals surface area (Å²) in [6.07, 6.45) is 6.80. The third kappa shape index (κ3) is 6.02. The number of aliphatic imine (C=N–C) groups is 1. The van der Waals surface area contributed by atoms with E-state index in [1.54, 1.807) is 0 Å². The Morgan fingerprint density at radius 3 is 2.54 bits per heavy atom. The molecule has 1 amide bonds. The number of thioether (sulfide) groups is 1. The highest BCUT2D eigenvalue weighted by Crippen LogP contribution is 2.42. The molecule has 1 saturated heterocycles. The van der Waals surface area contributed by atoms with Crippen LogP contribution in [-0.2, 0) is 6.54 Å². The topological polar surface area (TPSA) is 56.7 Å². The first-order valence-electron chi connectivity index (χ1n) is 10.1. The van der Waals surface area contributed by atoms with Crippen molar-refractivity contribution in [2.75, 3.05) is 32.4 Å². The van der Waals surface area contributed by atoms with Gasteiger partial charge in [-0.3, -0.25) is 9.79 Å². The number of carbonyl (C=O) groups excluding carboxylic acids is 1. The fraction of sp³-hybridized carbons (Fsp3) is 0.619. The summed E-state index contributed by atoms with van der Waals surface area (Å²) in [6, 6.07) is 7.80. The van der Waals surface area contributed by atoms with Gasteiger partial charge in [-0.25, -0.2) is 0 Å². The molecule has 0 unspecified atom stereocenters. The van der Waals surface area contributed by atoms with Crippen LogP contribution < -0.4 is 10.6 Å². The van der Waals surface area contributed by atoms with E-state index >= 15 is 0 Å². The molecule has 1 aliphatic carbocycles. The SMILES string of the molecule is CCNC(=O)c1ccc(CNC(=NC)N2CCSC3(CCCCC3)C2)cc1.I. The van der Waals surface area contributed by atoms with Crippen molar-refractivity contribution in [2.24, 2.45) is 4.99 Å². The second-order valence-corrected chi connectivity index (χ2v) is 9.03. The molecule has 2 fully saturated rings. The highest BCUT2D eigenvalue weighted by Gasteiger charge is 2.38. The van der Waals surface area contributed by atoms with Gasteiger partial charge in [-0.1, -0.05) is 31.4 Å². The molecular formula is C21H33IN4OS. The lowest BCUT2D eigenvalue weighted by molar-refractivity contribution is 0.0956. The molecule has 28 heavy (non-hydrogen) atoms. The fourth-order valence-corrected chi connectivity index (χ4v) is 5.64. The number of amides is 1. The van der Waals surface area contributed by atoms with Crippen LogP contribution in [0.25, 0.3) is 0 Å². The Hall–Kier alpha value is -0.960. The van der Waals surface area contributed by atoms with E-state index in [1.165, 1.54) is 37.9 Å². The molecule has 2 aliphatic rings. The maximum Gasteiger partial charge on any atom is 0.251 e. The first kappa shape index (κ1) is 23.3. The monoisotopic (exact) mass is 516 g/mol. The molecule has 1 aromatic carbocycles. The lowest BCUT2D eigenvalue weighted by Crippen LogP contribution is -2.53. The predicted molar refractivity (Wildman–Crippen MR) is 130 cm³/mol. The van der Waals surface area contributed by atoms with Crippen molar-refractivity contribution in [1.82, 2.24) is 15.5 Å². The summed E-state index contributed by atoms with van der Waals surface area (Å²) in [6.45, 7) is 5.46. The zero-order valence-corrected chi connectivity index (χ0v) is 20.1. The largest absolute Gasteiger partial charge is 0.352 e. The molecule has 0 aromatic heterocycles. The van der Waals surface area contributed by atoms with E-state index in [9.17, 15) is 4.79 Å². The number of hydrogen-bond acceptors (Lipinski definition) is 3. The van der Waals surface area contributed by atoms with E-state index in [0.29, 0.717) is 16.9 Å². The van der Waals surface area contributed by atoms with Crippen LogP contribution in [-0.4, -0.2) is 53.9 Å². The van der Waals surface area contributed by atoms with Gasteiger partial charge in [0.05, 0.1) is 0 Å². The van der Waals surface area contributed by atoms with E-state index in [2.05, 4.69) is 32.3 Å². The third-order valence-electron chi connectivity index (χ3n) is 5.53. The lowest BCUT2D eigenvalue weighted by Gasteiger charge is -2.45. The molecule has 3 rings (SSSR count). The van der Waals surface area contributed by atoms with Gasteiger partial charge < -0.3 is 15.5 Å². The van der Waals surface area contributed by atoms with Gasteiger partial charge in [-0.2, -0.15) is 11.8 Å². The highest BCUT2D eigenvalue weighted by molar-refractivity contribution is 14.0. The zero-order valence-electron chi connectivity index (χ0n) is 17.0. The quantitative estimate of drug-likeness (QED) is 0.363. The normalized spacial score (nSPS) is 19.1. The van der Waals surface area contributed by atoms with Gasteiger partial charge in [-0.15, -0.1) is 24.0 Å². The number of rotatable bonds is 4. The highest BCUT2D eigenvalue weighted by atomic mass is 127. The Kier molecular flexibility index (Phi) is 9.40. The van der Waals surface area contributed by atoms with Crippen LogP contribution in [0.5, 0.6) is 0 Å². The van der Waals surface area contributed by atoms with Gasteiger partial charge >= 0.3 is 0 Å². The summed E-state index contributed by atoms with van der Waals surface area (Å²) in [5.41, 5.74) is 1.86. The summed E-state index contributed by atoms with van der Waals surface area (Å²) >= 11 is 2.18. The zero-order chi connectivity index (χ0) is 19.1. The van der Waals surface area contributed by atoms with Crippen molar-refractivity contribution >= 4 is 47.6 Å². The minimum Gasteiger partial charge on any atom is -0.352 e. The molecule has 156 valence electrons. The molecule has 5 nitrogen and oxygen atoms in total. The number of carbonyl (C=O) groups is 1. The number of nitrogens with zero attached hydrogens (tertiary/aromatic N) is 2. The summed E-state index contributed by atoms with van der Waals surface area (Å²) in [4.78, 5) is 18.8. The number of benzene rings is 1. The molecule has 1 spiro atoms. The molecule has 1 heterocycles. The van der Waals surface area contributed by atoms with Gasteiger partial charge in [0.15, 0.2) is 5.96 Å². The van der Waals surface area contributed by atoms with Crippen LogP contribution in [0.1, 0.15) is 54.9 Å². The summed E-state index contributed by atoms with van der Waals surface area (Å²) in [7, 11) is 1.87. The Balaban J connectivity index is 0.00000280. The average molecular weight is 516 g/mol. The summed E-state index contributed by atoms with van der Waals surface area (Å²) < 4.78 is 0.433. The van der Waals surface area contributed by atoms with Crippen LogP contribution in [0.2, 0.25) is 0 Å². The standard InChI is InChI=1S/C21H32N4OS.HI/c1-3-23-19(26)18-9-7-17(8-10-18)15-24-20(22-2)25-13-14-27-21(16-25)11-5-4-6-12-21;/h7-10H,3-6,11-16H2,1-2H3,(H,22,24)(H,23,26);1H. The number of hydrogen-bond donors (Lipinski definition) is 2. The summed E-state index contributed by atoms with van der Waals surface area (Å²) in [5.74, 6) is 2.16. The maximum atomic E-state index is 11.9. The molecular weight excluding hydrogens is 483 g/mol. The van der Waals surface area contributed by atoms with Crippen LogP contribution >= 0.6 is 35.7 Å². The Labute approximate surface area is 190 Å². The molecule has 1 aromatic rings. The van der Waals surface area contributed by atoms with Gasteiger partial charge in [0.1, 0.15) is 0 Å². The number of guanidine groups is 1. The second kappa shape index (κ2) is 11.3. The average Bonchev–Trinajstić information content (AvgIpc) is 2.70. The smallest absolute Gasteiger partial charge is 0.251 e. The lowest BCUT2D eigenvalue weighted by atomic mass is 9.87.